The summed E-state index contributed by atoms with van der Waals surface area (Å²) in [5.41, 5.74) is 0.267. The second-order valence-electron chi connectivity index (χ2n) is 3.23. The Morgan fingerprint density at radius 2 is 2.14 bits per heavy atom. The third-order valence-corrected chi connectivity index (χ3v) is 2.58. The van der Waals surface area contributed by atoms with Crippen molar-refractivity contribution in [2.75, 3.05) is 0 Å². The SMILES string of the molecule is CCC(CC)n1cc(Cl)cc1C(=O)O. The van der Waals surface area contributed by atoms with Gasteiger partial charge in [-0.05, 0) is 18.9 Å². The molecule has 1 aromatic rings. The van der Waals surface area contributed by atoms with Gasteiger partial charge in [0.05, 0.1) is 5.02 Å². The summed E-state index contributed by atoms with van der Waals surface area (Å²) >= 11 is 5.78. The van der Waals surface area contributed by atoms with Crippen LogP contribution in [0.1, 0.15) is 43.2 Å². The lowest BCUT2D eigenvalue weighted by molar-refractivity contribution is 0.0682. The van der Waals surface area contributed by atoms with E-state index in [1.807, 2.05) is 13.8 Å². The minimum absolute atomic E-state index is 0.216. The van der Waals surface area contributed by atoms with Gasteiger partial charge in [0.2, 0.25) is 0 Å². The zero-order chi connectivity index (χ0) is 10.7. The second kappa shape index (κ2) is 4.51. The summed E-state index contributed by atoms with van der Waals surface area (Å²) in [4.78, 5) is 10.9. The maximum absolute atomic E-state index is 10.9. The van der Waals surface area contributed by atoms with Gasteiger partial charge >= 0.3 is 5.97 Å². The van der Waals surface area contributed by atoms with E-state index in [1.165, 1.54) is 6.07 Å². The number of hydrogen-bond donors (Lipinski definition) is 1. The molecule has 0 radical (unpaired) electrons. The molecule has 0 bridgehead atoms. The molecule has 0 spiro atoms. The van der Waals surface area contributed by atoms with E-state index in [9.17, 15) is 4.79 Å². The number of aromatic carboxylic acids is 1. The van der Waals surface area contributed by atoms with Gasteiger partial charge in [0, 0.05) is 12.2 Å². The summed E-state index contributed by atoms with van der Waals surface area (Å²) in [7, 11) is 0. The van der Waals surface area contributed by atoms with Crippen LogP contribution in [0.15, 0.2) is 12.3 Å². The van der Waals surface area contributed by atoms with Crippen molar-refractivity contribution in [2.24, 2.45) is 0 Å². The Balaban J connectivity index is 3.11. The van der Waals surface area contributed by atoms with Crippen LogP contribution in [-0.2, 0) is 0 Å². The van der Waals surface area contributed by atoms with Crippen LogP contribution in [0.5, 0.6) is 0 Å². The molecule has 0 fully saturated rings. The molecule has 0 aromatic carbocycles. The van der Waals surface area contributed by atoms with Crippen LogP contribution in [0.4, 0.5) is 0 Å². The molecule has 0 aliphatic rings. The predicted octanol–water partition coefficient (Wildman–Crippen LogP) is 3.20. The number of carboxylic acids is 1. The highest BCUT2D eigenvalue weighted by Gasteiger charge is 2.16. The molecule has 1 N–H and O–H groups in total. The van der Waals surface area contributed by atoms with Gasteiger partial charge in [-0.1, -0.05) is 25.4 Å². The molecular formula is C10H14ClNO2. The highest BCUT2D eigenvalue weighted by molar-refractivity contribution is 6.30. The fourth-order valence-corrected chi connectivity index (χ4v) is 1.81. The highest BCUT2D eigenvalue weighted by atomic mass is 35.5. The number of halogens is 1. The minimum atomic E-state index is -0.927. The first-order chi connectivity index (χ1) is 6.60. The third-order valence-electron chi connectivity index (χ3n) is 2.37. The summed E-state index contributed by atoms with van der Waals surface area (Å²) < 4.78 is 1.74. The molecule has 1 rings (SSSR count). The number of aromatic nitrogens is 1. The lowest BCUT2D eigenvalue weighted by Gasteiger charge is -2.16. The lowest BCUT2D eigenvalue weighted by Crippen LogP contribution is -2.12. The Morgan fingerprint density at radius 1 is 1.57 bits per heavy atom. The minimum Gasteiger partial charge on any atom is -0.477 e. The second-order valence-corrected chi connectivity index (χ2v) is 3.66. The molecule has 4 heteroatoms. The van der Waals surface area contributed by atoms with Crippen LogP contribution in [0.2, 0.25) is 5.02 Å². The monoisotopic (exact) mass is 215 g/mol. The number of hydrogen-bond acceptors (Lipinski definition) is 1. The number of carboxylic acid groups (broad SMARTS) is 1. The highest BCUT2D eigenvalue weighted by Crippen LogP contribution is 2.23. The molecule has 0 saturated carbocycles. The molecule has 0 unspecified atom stereocenters. The van der Waals surface area contributed by atoms with Crippen molar-refractivity contribution in [2.45, 2.75) is 32.7 Å². The number of carbonyl (C=O) groups is 1. The van der Waals surface area contributed by atoms with E-state index < -0.39 is 5.97 Å². The Labute approximate surface area is 88.3 Å². The Morgan fingerprint density at radius 3 is 2.57 bits per heavy atom. The molecule has 1 heterocycles. The van der Waals surface area contributed by atoms with Crippen LogP contribution < -0.4 is 0 Å². The van der Waals surface area contributed by atoms with E-state index in [1.54, 1.807) is 10.8 Å². The van der Waals surface area contributed by atoms with E-state index >= 15 is 0 Å². The predicted molar refractivity (Wildman–Crippen MR) is 56.0 cm³/mol. The van der Waals surface area contributed by atoms with Crippen molar-refractivity contribution < 1.29 is 9.90 Å². The van der Waals surface area contributed by atoms with Crippen LogP contribution >= 0.6 is 11.6 Å². The lowest BCUT2D eigenvalue weighted by atomic mass is 10.1. The largest absolute Gasteiger partial charge is 0.477 e. The molecule has 0 aliphatic heterocycles. The average Bonchev–Trinajstić information content (AvgIpc) is 2.50. The summed E-state index contributed by atoms with van der Waals surface area (Å²) in [6.07, 6.45) is 3.49. The zero-order valence-electron chi connectivity index (χ0n) is 8.33. The van der Waals surface area contributed by atoms with Gasteiger partial charge in [-0.25, -0.2) is 4.79 Å². The van der Waals surface area contributed by atoms with Gasteiger partial charge in [0.25, 0.3) is 0 Å². The smallest absolute Gasteiger partial charge is 0.352 e. The molecule has 0 saturated heterocycles. The Kier molecular flexibility index (Phi) is 3.58. The van der Waals surface area contributed by atoms with E-state index in [2.05, 4.69) is 0 Å². The topological polar surface area (TPSA) is 42.2 Å². The maximum atomic E-state index is 10.9. The summed E-state index contributed by atoms with van der Waals surface area (Å²) in [5.74, 6) is -0.927. The van der Waals surface area contributed by atoms with Crippen molar-refractivity contribution >= 4 is 17.6 Å². The first kappa shape index (κ1) is 11.1. The quantitative estimate of drug-likeness (QED) is 0.838. The van der Waals surface area contributed by atoms with E-state index in [-0.39, 0.29) is 11.7 Å². The molecule has 3 nitrogen and oxygen atoms in total. The number of rotatable bonds is 4. The van der Waals surface area contributed by atoms with Gasteiger partial charge in [-0.3, -0.25) is 0 Å². The van der Waals surface area contributed by atoms with Gasteiger partial charge in [-0.15, -0.1) is 0 Å². The summed E-state index contributed by atoms with van der Waals surface area (Å²) in [6.45, 7) is 4.07. The summed E-state index contributed by atoms with van der Waals surface area (Å²) in [6, 6.07) is 1.70. The van der Waals surface area contributed by atoms with Crippen molar-refractivity contribution in [3.05, 3.63) is 23.0 Å². The van der Waals surface area contributed by atoms with Crippen LogP contribution in [0.25, 0.3) is 0 Å². The van der Waals surface area contributed by atoms with Gasteiger partial charge in [-0.2, -0.15) is 0 Å². The van der Waals surface area contributed by atoms with E-state index in [0.717, 1.165) is 12.8 Å². The Bertz CT molecular complexity index is 329. The van der Waals surface area contributed by atoms with Crippen LogP contribution in [0.3, 0.4) is 0 Å². The molecule has 78 valence electrons. The van der Waals surface area contributed by atoms with Crippen molar-refractivity contribution in [1.82, 2.24) is 4.57 Å². The molecular weight excluding hydrogens is 202 g/mol. The van der Waals surface area contributed by atoms with Gasteiger partial charge in [0.1, 0.15) is 5.69 Å². The molecule has 14 heavy (non-hydrogen) atoms. The zero-order valence-corrected chi connectivity index (χ0v) is 9.08. The van der Waals surface area contributed by atoms with E-state index in [0.29, 0.717) is 5.02 Å². The Hall–Kier alpha value is -0.960. The van der Waals surface area contributed by atoms with Crippen molar-refractivity contribution in [1.29, 1.82) is 0 Å². The van der Waals surface area contributed by atoms with Gasteiger partial charge < -0.3 is 9.67 Å². The fraction of sp³-hybridized carbons (Fsp3) is 0.500. The van der Waals surface area contributed by atoms with Crippen molar-refractivity contribution in [3.8, 4) is 0 Å². The van der Waals surface area contributed by atoms with Crippen LogP contribution in [0, 0.1) is 0 Å². The van der Waals surface area contributed by atoms with E-state index in [4.69, 9.17) is 16.7 Å². The molecule has 0 aliphatic carbocycles. The first-order valence-electron chi connectivity index (χ1n) is 4.70. The van der Waals surface area contributed by atoms with Crippen LogP contribution in [-0.4, -0.2) is 15.6 Å². The van der Waals surface area contributed by atoms with Crippen molar-refractivity contribution in [3.63, 3.8) is 0 Å². The third kappa shape index (κ3) is 2.10. The average molecular weight is 216 g/mol. The standard InChI is InChI=1S/C10H14ClNO2/c1-3-8(4-2)12-6-7(11)5-9(12)10(13)14/h5-6,8H,3-4H2,1-2H3,(H,13,14). The molecule has 1 aromatic heterocycles. The number of nitrogens with zero attached hydrogens (tertiary/aromatic N) is 1. The maximum Gasteiger partial charge on any atom is 0.352 e. The fourth-order valence-electron chi connectivity index (χ4n) is 1.60. The molecule has 0 amide bonds. The first-order valence-corrected chi connectivity index (χ1v) is 5.08. The normalized spacial score (nSPS) is 10.9. The van der Waals surface area contributed by atoms with Gasteiger partial charge in [0.15, 0.2) is 0 Å². The molecule has 0 atom stereocenters. The summed E-state index contributed by atoms with van der Waals surface area (Å²) in [5, 5.41) is 9.42.